The molecular formula is C18H18F2N4O3. The van der Waals surface area contributed by atoms with Crippen molar-refractivity contribution < 1.29 is 22.9 Å². The summed E-state index contributed by atoms with van der Waals surface area (Å²) >= 11 is 0. The van der Waals surface area contributed by atoms with Gasteiger partial charge in [-0.25, -0.2) is 13.6 Å². The monoisotopic (exact) mass is 376 g/mol. The van der Waals surface area contributed by atoms with Crippen molar-refractivity contribution in [1.82, 2.24) is 15.0 Å². The van der Waals surface area contributed by atoms with Crippen molar-refractivity contribution in [1.29, 1.82) is 0 Å². The van der Waals surface area contributed by atoms with Crippen molar-refractivity contribution in [3.63, 3.8) is 0 Å². The first-order valence-corrected chi connectivity index (χ1v) is 8.12. The molecule has 0 unspecified atom stereocenters. The fourth-order valence-electron chi connectivity index (χ4n) is 3.07. The highest BCUT2D eigenvalue weighted by molar-refractivity contribution is 6.06. The zero-order valence-corrected chi connectivity index (χ0v) is 15.2. The number of nitrogens with one attached hydrogen (secondary N) is 1. The number of likely N-dealkylation sites (N-methyl/N-ethyl adjacent to an activating group) is 1. The Kier molecular flexibility index (Phi) is 4.69. The van der Waals surface area contributed by atoms with Crippen molar-refractivity contribution in [2.45, 2.75) is 19.9 Å². The minimum absolute atomic E-state index is 0.0317. The van der Waals surface area contributed by atoms with Crippen LogP contribution in [-0.4, -0.2) is 41.0 Å². The quantitative estimate of drug-likeness (QED) is 0.892. The number of nitrogens with zero attached hydrogens (tertiary/aromatic N) is 3. The van der Waals surface area contributed by atoms with Gasteiger partial charge in [0.15, 0.2) is 5.82 Å². The Hall–Kier alpha value is -3.23. The van der Waals surface area contributed by atoms with Gasteiger partial charge in [0, 0.05) is 25.9 Å². The third-order valence-electron chi connectivity index (χ3n) is 4.53. The van der Waals surface area contributed by atoms with Crippen molar-refractivity contribution >= 4 is 17.8 Å². The topological polar surface area (TPSA) is 78.7 Å². The molecule has 1 N–H and O–H groups in total. The summed E-state index contributed by atoms with van der Waals surface area (Å²) in [6.45, 7) is 3.20. The minimum atomic E-state index is -1.23. The third-order valence-corrected chi connectivity index (χ3v) is 4.53. The average Bonchev–Trinajstić information content (AvgIpc) is 3.02. The van der Waals surface area contributed by atoms with Crippen LogP contribution in [0.1, 0.15) is 24.3 Å². The Morgan fingerprint density at radius 2 is 1.85 bits per heavy atom. The van der Waals surface area contributed by atoms with E-state index in [1.807, 2.05) is 0 Å². The molecule has 142 valence electrons. The molecule has 0 aliphatic carbocycles. The molecule has 0 fully saturated rings. The van der Waals surface area contributed by atoms with Crippen LogP contribution in [0.15, 0.2) is 40.1 Å². The highest BCUT2D eigenvalue weighted by Gasteiger charge is 2.41. The maximum Gasteiger partial charge on any atom is 0.324 e. The molecule has 2 aromatic rings. The molecule has 1 aromatic carbocycles. The molecule has 7 nitrogen and oxygen atoms in total. The van der Waals surface area contributed by atoms with Gasteiger partial charge in [0.1, 0.15) is 17.4 Å². The first kappa shape index (κ1) is 18.6. The molecule has 0 radical (unpaired) electrons. The number of halogens is 2. The molecule has 1 aliphatic heterocycles. The molecule has 9 heteroatoms. The van der Waals surface area contributed by atoms with E-state index in [4.69, 9.17) is 4.52 Å². The predicted molar refractivity (Wildman–Crippen MR) is 92.6 cm³/mol. The first-order valence-electron chi connectivity index (χ1n) is 8.12. The van der Waals surface area contributed by atoms with Gasteiger partial charge in [-0.3, -0.25) is 4.79 Å². The molecule has 2 heterocycles. The number of rotatable bonds is 3. The standard InChI is InChI=1S/C18H18F2N4O3/c1-9-8-13(22-27-9)21-17(25)14-10(2)23(3)18(26)24(4)16(14)15-11(19)6-5-7-12(15)20/h5-8,16H,1-4H3,(H,21,22,25)/t16-/m0/s1. The molecule has 1 atom stereocenters. The van der Waals surface area contributed by atoms with E-state index in [-0.39, 0.29) is 22.7 Å². The van der Waals surface area contributed by atoms with Crippen LogP contribution in [0.5, 0.6) is 0 Å². The number of carbonyl (C=O) groups excluding carboxylic acids is 2. The number of aromatic nitrogens is 1. The van der Waals surface area contributed by atoms with Gasteiger partial charge in [-0.05, 0) is 26.0 Å². The van der Waals surface area contributed by atoms with Crippen LogP contribution in [0.25, 0.3) is 0 Å². The zero-order chi connectivity index (χ0) is 19.9. The van der Waals surface area contributed by atoms with Gasteiger partial charge in [0.05, 0.1) is 17.2 Å². The van der Waals surface area contributed by atoms with Gasteiger partial charge < -0.3 is 19.6 Å². The summed E-state index contributed by atoms with van der Waals surface area (Å²) in [6.07, 6.45) is 0. The third kappa shape index (κ3) is 3.16. The molecule has 3 amide bonds. The van der Waals surface area contributed by atoms with Crippen LogP contribution in [0.2, 0.25) is 0 Å². The molecule has 0 saturated carbocycles. The van der Waals surface area contributed by atoms with E-state index in [1.165, 1.54) is 31.1 Å². The van der Waals surface area contributed by atoms with E-state index in [1.54, 1.807) is 13.8 Å². The number of amides is 3. The molecule has 27 heavy (non-hydrogen) atoms. The van der Waals surface area contributed by atoms with Gasteiger partial charge in [0.2, 0.25) is 0 Å². The van der Waals surface area contributed by atoms with Gasteiger partial charge in [-0.1, -0.05) is 11.2 Å². The molecule has 1 aromatic heterocycles. The molecular weight excluding hydrogens is 358 g/mol. The van der Waals surface area contributed by atoms with Gasteiger partial charge in [0.25, 0.3) is 5.91 Å². The van der Waals surface area contributed by atoms with Gasteiger partial charge in [-0.15, -0.1) is 0 Å². The Labute approximate surface area is 154 Å². The van der Waals surface area contributed by atoms with Crippen LogP contribution in [0, 0.1) is 18.6 Å². The van der Waals surface area contributed by atoms with E-state index in [0.29, 0.717) is 5.76 Å². The lowest BCUT2D eigenvalue weighted by Gasteiger charge is -2.39. The number of aryl methyl sites for hydroxylation is 1. The fraction of sp³-hybridized carbons (Fsp3) is 0.278. The molecule has 3 rings (SSSR count). The number of hydrogen-bond donors (Lipinski definition) is 1. The second-order valence-electron chi connectivity index (χ2n) is 6.27. The van der Waals surface area contributed by atoms with Crippen molar-refractivity contribution in [3.8, 4) is 0 Å². The van der Waals surface area contributed by atoms with E-state index in [9.17, 15) is 18.4 Å². The number of benzene rings is 1. The number of anilines is 1. The second kappa shape index (κ2) is 6.82. The highest BCUT2D eigenvalue weighted by Crippen LogP contribution is 2.38. The van der Waals surface area contributed by atoms with Crippen LogP contribution in [0.4, 0.5) is 19.4 Å². The van der Waals surface area contributed by atoms with Crippen LogP contribution in [0.3, 0.4) is 0 Å². The summed E-state index contributed by atoms with van der Waals surface area (Å²) in [7, 11) is 2.87. The number of urea groups is 1. The maximum absolute atomic E-state index is 14.5. The Morgan fingerprint density at radius 1 is 1.22 bits per heavy atom. The summed E-state index contributed by atoms with van der Waals surface area (Å²) in [5.41, 5.74) is -0.0602. The Bertz CT molecular complexity index is 934. The largest absolute Gasteiger partial charge is 0.360 e. The lowest BCUT2D eigenvalue weighted by Crippen LogP contribution is -2.48. The SMILES string of the molecule is CC1=C(C(=O)Nc2cc(C)on2)[C@@H](c2c(F)cccc2F)N(C)C(=O)N1C. The second-order valence-corrected chi connectivity index (χ2v) is 6.27. The normalized spacial score (nSPS) is 17.6. The van der Waals surface area contributed by atoms with Crippen LogP contribution in [-0.2, 0) is 4.79 Å². The summed E-state index contributed by atoms with van der Waals surface area (Å²) in [5, 5.41) is 6.24. The van der Waals surface area contributed by atoms with E-state index >= 15 is 0 Å². The number of carbonyl (C=O) groups is 2. The summed E-state index contributed by atoms with van der Waals surface area (Å²) in [6, 6.07) is 3.17. The molecule has 0 bridgehead atoms. The lowest BCUT2D eigenvalue weighted by molar-refractivity contribution is -0.113. The molecule has 0 spiro atoms. The summed E-state index contributed by atoms with van der Waals surface area (Å²) < 4.78 is 33.8. The average molecular weight is 376 g/mol. The Balaban J connectivity index is 2.13. The number of hydrogen-bond acceptors (Lipinski definition) is 4. The summed E-state index contributed by atoms with van der Waals surface area (Å²) in [5.74, 6) is -1.69. The van der Waals surface area contributed by atoms with E-state index in [0.717, 1.165) is 17.0 Å². The van der Waals surface area contributed by atoms with Gasteiger partial charge in [-0.2, -0.15) is 0 Å². The van der Waals surface area contributed by atoms with Crippen molar-refractivity contribution in [2.75, 3.05) is 19.4 Å². The smallest absolute Gasteiger partial charge is 0.324 e. The Morgan fingerprint density at radius 3 is 2.41 bits per heavy atom. The van der Waals surface area contributed by atoms with Gasteiger partial charge >= 0.3 is 6.03 Å². The highest BCUT2D eigenvalue weighted by atomic mass is 19.1. The maximum atomic E-state index is 14.5. The molecule has 1 aliphatic rings. The number of allylic oxidation sites excluding steroid dienone is 1. The lowest BCUT2D eigenvalue weighted by atomic mass is 9.92. The molecule has 0 saturated heterocycles. The predicted octanol–water partition coefficient (Wildman–Crippen LogP) is 3.21. The minimum Gasteiger partial charge on any atom is -0.360 e. The zero-order valence-electron chi connectivity index (χ0n) is 15.2. The van der Waals surface area contributed by atoms with E-state index in [2.05, 4.69) is 10.5 Å². The van der Waals surface area contributed by atoms with Crippen LogP contribution >= 0.6 is 0 Å². The van der Waals surface area contributed by atoms with Crippen molar-refractivity contribution in [3.05, 3.63) is 58.5 Å². The first-order chi connectivity index (χ1) is 12.7. The van der Waals surface area contributed by atoms with Crippen LogP contribution < -0.4 is 5.32 Å². The summed E-state index contributed by atoms with van der Waals surface area (Å²) in [4.78, 5) is 27.8. The van der Waals surface area contributed by atoms with Crippen molar-refractivity contribution in [2.24, 2.45) is 0 Å². The van der Waals surface area contributed by atoms with E-state index < -0.39 is 29.6 Å². The fourth-order valence-corrected chi connectivity index (χ4v) is 3.07.